The van der Waals surface area contributed by atoms with Gasteiger partial charge in [0, 0.05) is 24.8 Å². The Bertz CT molecular complexity index is 810. The molecule has 1 heterocycles. The number of imide groups is 1. The molecule has 26 heavy (non-hydrogen) atoms. The lowest BCUT2D eigenvalue weighted by Gasteiger charge is -2.45. The standard InChI is InChI=1S/C21H17F2NO2/c22-15(23)9-10-24-20(25)18-16-11-5-1-2-6-12(11)17(19(18)21(24)26)14-8-4-3-7-13(14)16/h1-8,15-19H,9-10H2. The first-order chi connectivity index (χ1) is 12.6. The zero-order valence-corrected chi connectivity index (χ0v) is 13.9. The summed E-state index contributed by atoms with van der Waals surface area (Å²) in [6.45, 7) is -0.200. The predicted octanol–water partition coefficient (Wildman–Crippen LogP) is 3.53. The number of likely N-dealkylation sites (tertiary alicyclic amines) is 1. The highest BCUT2D eigenvalue weighted by Gasteiger charge is 2.61. The van der Waals surface area contributed by atoms with Crippen LogP contribution in [0.3, 0.4) is 0 Å². The number of halogens is 2. The average Bonchev–Trinajstić information content (AvgIpc) is 2.91. The number of alkyl halides is 2. The molecule has 5 heteroatoms. The number of carbonyl (C=O) groups is 2. The summed E-state index contributed by atoms with van der Waals surface area (Å²) < 4.78 is 25.3. The van der Waals surface area contributed by atoms with Crippen LogP contribution in [0.2, 0.25) is 0 Å². The quantitative estimate of drug-likeness (QED) is 0.792. The topological polar surface area (TPSA) is 37.4 Å². The third kappa shape index (κ3) is 1.91. The highest BCUT2D eigenvalue weighted by molar-refractivity contribution is 6.07. The third-order valence-corrected chi connectivity index (χ3v) is 6.11. The Hall–Kier alpha value is -2.56. The molecule has 1 aliphatic heterocycles. The van der Waals surface area contributed by atoms with E-state index < -0.39 is 24.7 Å². The van der Waals surface area contributed by atoms with Crippen molar-refractivity contribution in [3.63, 3.8) is 0 Å². The lowest BCUT2D eigenvalue weighted by atomic mass is 9.55. The van der Waals surface area contributed by atoms with E-state index in [9.17, 15) is 18.4 Å². The van der Waals surface area contributed by atoms with Crippen LogP contribution in [0.1, 0.15) is 40.5 Å². The fourth-order valence-corrected chi connectivity index (χ4v) is 5.19. The summed E-state index contributed by atoms with van der Waals surface area (Å²) in [4.78, 5) is 27.1. The SMILES string of the molecule is O=C1C2C3c4ccccc4C(c4ccccc43)C2C(=O)N1CCC(F)F. The number of hydrogen-bond donors (Lipinski definition) is 0. The van der Waals surface area contributed by atoms with E-state index in [2.05, 4.69) is 0 Å². The molecule has 3 aliphatic carbocycles. The van der Waals surface area contributed by atoms with Gasteiger partial charge in [-0.15, -0.1) is 0 Å². The molecule has 2 atom stereocenters. The molecule has 2 amide bonds. The number of hydrogen-bond acceptors (Lipinski definition) is 2. The summed E-state index contributed by atoms with van der Waals surface area (Å²) in [6.07, 6.45) is -2.99. The largest absolute Gasteiger partial charge is 0.282 e. The summed E-state index contributed by atoms with van der Waals surface area (Å²) >= 11 is 0. The second-order valence-electron chi connectivity index (χ2n) is 7.27. The number of rotatable bonds is 3. The van der Waals surface area contributed by atoms with Gasteiger partial charge in [0.25, 0.3) is 0 Å². The molecule has 3 nitrogen and oxygen atoms in total. The van der Waals surface area contributed by atoms with Crippen LogP contribution in [-0.4, -0.2) is 29.7 Å². The molecule has 132 valence electrons. The van der Waals surface area contributed by atoms with E-state index in [4.69, 9.17) is 0 Å². The van der Waals surface area contributed by atoms with Crippen LogP contribution in [-0.2, 0) is 9.59 Å². The molecule has 0 radical (unpaired) electrons. The zero-order chi connectivity index (χ0) is 18.0. The van der Waals surface area contributed by atoms with Crippen molar-refractivity contribution in [2.75, 3.05) is 6.54 Å². The van der Waals surface area contributed by atoms with Gasteiger partial charge in [0.05, 0.1) is 11.8 Å². The van der Waals surface area contributed by atoms with Crippen molar-refractivity contribution in [1.82, 2.24) is 4.90 Å². The maximum Gasteiger partial charge on any atom is 0.240 e. The van der Waals surface area contributed by atoms with E-state index in [0.717, 1.165) is 27.2 Å². The zero-order valence-electron chi connectivity index (χ0n) is 13.9. The van der Waals surface area contributed by atoms with Gasteiger partial charge in [-0.2, -0.15) is 0 Å². The first kappa shape index (κ1) is 15.7. The van der Waals surface area contributed by atoms with Crippen LogP contribution in [0, 0.1) is 11.8 Å². The molecule has 1 fully saturated rings. The predicted molar refractivity (Wildman–Crippen MR) is 90.9 cm³/mol. The van der Waals surface area contributed by atoms with Crippen LogP contribution in [0.4, 0.5) is 8.78 Å². The average molecular weight is 353 g/mol. The Kier molecular flexibility index (Phi) is 3.30. The van der Waals surface area contributed by atoms with Gasteiger partial charge in [0.15, 0.2) is 0 Å². The maximum atomic E-state index is 13.0. The fraction of sp³-hybridized carbons (Fsp3) is 0.333. The summed E-state index contributed by atoms with van der Waals surface area (Å²) in [6, 6.07) is 15.9. The van der Waals surface area contributed by atoms with Gasteiger partial charge in [0.2, 0.25) is 18.2 Å². The minimum absolute atomic E-state index is 0.176. The Labute approximate surface area is 149 Å². The Morgan fingerprint density at radius 2 is 1.15 bits per heavy atom. The molecular formula is C21H17F2NO2. The van der Waals surface area contributed by atoms with Crippen molar-refractivity contribution < 1.29 is 18.4 Å². The van der Waals surface area contributed by atoms with E-state index in [1.165, 1.54) is 0 Å². The van der Waals surface area contributed by atoms with Crippen LogP contribution in [0.5, 0.6) is 0 Å². The van der Waals surface area contributed by atoms with Crippen molar-refractivity contribution in [2.45, 2.75) is 24.7 Å². The first-order valence-electron chi connectivity index (χ1n) is 8.90. The number of benzene rings is 2. The lowest BCUT2D eigenvalue weighted by Crippen LogP contribution is -2.41. The van der Waals surface area contributed by atoms with Crippen molar-refractivity contribution >= 4 is 11.8 Å². The second-order valence-corrected chi connectivity index (χ2v) is 7.27. The van der Waals surface area contributed by atoms with Crippen LogP contribution >= 0.6 is 0 Å². The molecule has 6 rings (SSSR count). The molecule has 4 aliphatic rings. The minimum Gasteiger partial charge on any atom is -0.282 e. The van der Waals surface area contributed by atoms with Gasteiger partial charge in [-0.1, -0.05) is 48.5 Å². The van der Waals surface area contributed by atoms with Gasteiger partial charge in [-0.05, 0) is 22.3 Å². The maximum absolute atomic E-state index is 13.0. The number of carbonyl (C=O) groups excluding carboxylic acids is 2. The molecule has 2 aromatic carbocycles. The van der Waals surface area contributed by atoms with Crippen molar-refractivity contribution in [1.29, 1.82) is 0 Å². The molecule has 2 unspecified atom stereocenters. The summed E-state index contributed by atoms with van der Waals surface area (Å²) in [7, 11) is 0. The van der Waals surface area contributed by atoms with Gasteiger partial charge >= 0.3 is 0 Å². The van der Waals surface area contributed by atoms with Gasteiger partial charge in [-0.3, -0.25) is 14.5 Å². The van der Waals surface area contributed by atoms with E-state index in [-0.39, 0.29) is 30.2 Å². The smallest absolute Gasteiger partial charge is 0.240 e. The van der Waals surface area contributed by atoms with Gasteiger partial charge < -0.3 is 0 Å². The summed E-state index contributed by atoms with van der Waals surface area (Å²) in [5.74, 6) is -1.89. The molecule has 0 spiro atoms. The van der Waals surface area contributed by atoms with Crippen molar-refractivity contribution in [2.24, 2.45) is 11.8 Å². The Morgan fingerprint density at radius 1 is 0.769 bits per heavy atom. The summed E-state index contributed by atoms with van der Waals surface area (Å²) in [5.41, 5.74) is 4.37. The highest BCUT2D eigenvalue weighted by Crippen LogP contribution is 2.60. The Balaban J connectivity index is 1.66. The van der Waals surface area contributed by atoms with E-state index >= 15 is 0 Å². The highest BCUT2D eigenvalue weighted by atomic mass is 19.3. The molecule has 2 aromatic rings. The fourth-order valence-electron chi connectivity index (χ4n) is 5.19. The van der Waals surface area contributed by atoms with Crippen LogP contribution in [0.25, 0.3) is 0 Å². The molecule has 0 saturated carbocycles. The lowest BCUT2D eigenvalue weighted by molar-refractivity contribution is -0.140. The molecule has 0 aromatic heterocycles. The second kappa shape index (κ2) is 5.47. The molecule has 0 N–H and O–H groups in total. The van der Waals surface area contributed by atoms with E-state index in [0.29, 0.717) is 0 Å². The monoisotopic (exact) mass is 353 g/mol. The molecule has 1 saturated heterocycles. The van der Waals surface area contributed by atoms with Gasteiger partial charge in [0.1, 0.15) is 0 Å². The minimum atomic E-state index is -2.52. The number of amides is 2. The van der Waals surface area contributed by atoms with E-state index in [1.807, 2.05) is 48.5 Å². The van der Waals surface area contributed by atoms with Crippen LogP contribution < -0.4 is 0 Å². The van der Waals surface area contributed by atoms with Gasteiger partial charge in [-0.25, -0.2) is 8.78 Å². The van der Waals surface area contributed by atoms with Crippen molar-refractivity contribution in [3.05, 3.63) is 70.8 Å². The summed E-state index contributed by atoms with van der Waals surface area (Å²) in [5, 5.41) is 0. The molecule has 2 bridgehead atoms. The Morgan fingerprint density at radius 3 is 1.50 bits per heavy atom. The number of nitrogens with zero attached hydrogens (tertiary/aromatic N) is 1. The first-order valence-corrected chi connectivity index (χ1v) is 8.90. The van der Waals surface area contributed by atoms with Crippen molar-refractivity contribution in [3.8, 4) is 0 Å². The van der Waals surface area contributed by atoms with Crippen LogP contribution in [0.15, 0.2) is 48.5 Å². The normalized spacial score (nSPS) is 28.3. The molecular weight excluding hydrogens is 336 g/mol. The third-order valence-electron chi connectivity index (χ3n) is 6.11. The van der Waals surface area contributed by atoms with E-state index in [1.54, 1.807) is 0 Å².